The zero-order valence-corrected chi connectivity index (χ0v) is 5.74. The van der Waals surface area contributed by atoms with Crippen LogP contribution in [-0.2, 0) is 10.7 Å². The Morgan fingerprint density at radius 1 is 1.45 bits per heavy atom. The summed E-state index contributed by atoms with van der Waals surface area (Å²) in [4.78, 5) is 4.73. The summed E-state index contributed by atoms with van der Waals surface area (Å²) in [6.07, 6.45) is 0. The number of hydrogen-bond donors (Lipinski definition) is 3. The van der Waals surface area contributed by atoms with Crippen molar-refractivity contribution in [2.75, 3.05) is 0 Å². The number of rotatable bonds is 1. The number of para-hydroxylation sites is 1. The van der Waals surface area contributed by atoms with Crippen LogP contribution in [0.4, 0.5) is 0 Å². The van der Waals surface area contributed by atoms with Gasteiger partial charge >= 0.3 is 0 Å². The van der Waals surface area contributed by atoms with Gasteiger partial charge in [-0.25, -0.2) is 0 Å². The van der Waals surface area contributed by atoms with Gasteiger partial charge in [-0.05, 0) is 12.1 Å². The highest BCUT2D eigenvalue weighted by Gasteiger charge is 2.44. The molecule has 1 atom stereocenters. The third-order valence-electron chi connectivity index (χ3n) is 1.63. The lowest BCUT2D eigenvalue weighted by molar-refractivity contribution is 0.294. The lowest BCUT2D eigenvalue weighted by Gasteiger charge is -2.04. The van der Waals surface area contributed by atoms with Crippen LogP contribution in [0.5, 0.6) is 5.75 Å². The molecule has 1 heterocycles. The number of nitrogens with two attached hydrogens (primary N) is 1. The Labute approximate surface area is 63.5 Å². The van der Waals surface area contributed by atoms with Crippen LogP contribution in [-0.4, -0.2) is 5.11 Å². The van der Waals surface area contributed by atoms with Crippen LogP contribution >= 0.6 is 0 Å². The fraction of sp³-hybridized carbons (Fsp3) is 0.143. The summed E-state index contributed by atoms with van der Waals surface area (Å²) in [5.74, 6) is -0.828. The fourth-order valence-corrected chi connectivity index (χ4v) is 0.953. The zero-order valence-electron chi connectivity index (χ0n) is 5.74. The van der Waals surface area contributed by atoms with Crippen molar-refractivity contribution < 1.29 is 9.94 Å². The normalized spacial score (nSPS) is 28.5. The van der Waals surface area contributed by atoms with Crippen molar-refractivity contribution in [3.63, 3.8) is 0 Å². The van der Waals surface area contributed by atoms with E-state index in [1.807, 2.05) is 0 Å². The van der Waals surface area contributed by atoms with Gasteiger partial charge in [0.15, 0.2) is 0 Å². The summed E-state index contributed by atoms with van der Waals surface area (Å²) < 4.78 is 0. The van der Waals surface area contributed by atoms with Gasteiger partial charge in [0.1, 0.15) is 5.75 Å². The summed E-state index contributed by atoms with van der Waals surface area (Å²) in [7, 11) is 0. The first-order valence-corrected chi connectivity index (χ1v) is 3.25. The SMILES string of the molecule is NC1(c2ccccc2O)NO1. The van der Waals surface area contributed by atoms with E-state index in [1.54, 1.807) is 24.3 Å². The number of hydroxylamine groups is 1. The molecular formula is C7H8N2O2. The Balaban J connectivity index is 2.45. The van der Waals surface area contributed by atoms with E-state index in [1.165, 1.54) is 0 Å². The van der Waals surface area contributed by atoms with Gasteiger partial charge in [0.25, 0.3) is 0 Å². The van der Waals surface area contributed by atoms with Crippen LogP contribution < -0.4 is 11.2 Å². The minimum atomic E-state index is -0.967. The smallest absolute Gasteiger partial charge is 0.243 e. The van der Waals surface area contributed by atoms with Gasteiger partial charge in [0, 0.05) is 0 Å². The third-order valence-corrected chi connectivity index (χ3v) is 1.63. The molecular weight excluding hydrogens is 144 g/mol. The zero-order chi connectivity index (χ0) is 7.90. The molecule has 4 N–H and O–H groups in total. The molecule has 1 aromatic rings. The number of phenolic OH excluding ortho intramolecular Hbond substituents is 1. The second-order valence-electron chi connectivity index (χ2n) is 2.46. The number of benzene rings is 1. The Hall–Kier alpha value is -1.10. The van der Waals surface area contributed by atoms with Gasteiger partial charge in [-0.3, -0.25) is 10.6 Å². The first-order chi connectivity index (χ1) is 5.22. The Morgan fingerprint density at radius 3 is 2.64 bits per heavy atom. The van der Waals surface area contributed by atoms with E-state index < -0.39 is 5.85 Å². The molecule has 0 aliphatic carbocycles. The fourth-order valence-electron chi connectivity index (χ4n) is 0.953. The number of nitrogens with one attached hydrogen (secondary N) is 1. The van der Waals surface area contributed by atoms with Crippen molar-refractivity contribution >= 4 is 0 Å². The van der Waals surface area contributed by atoms with E-state index in [-0.39, 0.29) is 5.75 Å². The maximum absolute atomic E-state index is 9.29. The highest BCUT2D eigenvalue weighted by atomic mass is 16.8. The maximum atomic E-state index is 9.29. The highest BCUT2D eigenvalue weighted by Crippen LogP contribution is 2.32. The summed E-state index contributed by atoms with van der Waals surface area (Å²) in [5.41, 5.74) is 8.62. The first-order valence-electron chi connectivity index (χ1n) is 3.25. The summed E-state index contributed by atoms with van der Waals surface area (Å²) in [6.45, 7) is 0. The predicted octanol–water partition coefficient (Wildman–Crippen LogP) is -0.00400. The molecule has 1 aromatic carbocycles. The Morgan fingerprint density at radius 2 is 2.09 bits per heavy atom. The summed E-state index contributed by atoms with van der Waals surface area (Å²) >= 11 is 0. The Kier molecular flexibility index (Phi) is 1.17. The Bertz CT molecular complexity index is 284. The molecule has 1 saturated heterocycles. The van der Waals surface area contributed by atoms with Crippen LogP contribution in [0.25, 0.3) is 0 Å². The third kappa shape index (κ3) is 0.970. The number of phenols is 1. The number of hydrogen-bond acceptors (Lipinski definition) is 4. The van der Waals surface area contributed by atoms with Crippen LogP contribution in [0.3, 0.4) is 0 Å². The van der Waals surface area contributed by atoms with Gasteiger partial charge in [0.2, 0.25) is 5.85 Å². The van der Waals surface area contributed by atoms with E-state index in [4.69, 9.17) is 10.6 Å². The van der Waals surface area contributed by atoms with Crippen molar-refractivity contribution in [3.8, 4) is 5.75 Å². The van der Waals surface area contributed by atoms with E-state index in [9.17, 15) is 5.11 Å². The van der Waals surface area contributed by atoms with Crippen LogP contribution in [0.1, 0.15) is 5.56 Å². The van der Waals surface area contributed by atoms with Crippen molar-refractivity contribution in [3.05, 3.63) is 29.8 Å². The van der Waals surface area contributed by atoms with E-state index in [2.05, 4.69) is 5.48 Å². The molecule has 4 heteroatoms. The van der Waals surface area contributed by atoms with Crippen molar-refractivity contribution in [2.45, 2.75) is 5.85 Å². The molecule has 1 fully saturated rings. The molecule has 0 spiro atoms. The summed E-state index contributed by atoms with van der Waals surface area (Å²) in [5, 5.41) is 9.29. The summed E-state index contributed by atoms with van der Waals surface area (Å²) in [6, 6.07) is 6.78. The average Bonchev–Trinajstić information content (AvgIpc) is 2.70. The van der Waals surface area contributed by atoms with Crippen LogP contribution in [0.15, 0.2) is 24.3 Å². The van der Waals surface area contributed by atoms with Crippen molar-refractivity contribution in [1.29, 1.82) is 0 Å². The molecule has 1 aliphatic rings. The molecule has 58 valence electrons. The van der Waals surface area contributed by atoms with Gasteiger partial charge in [-0.2, -0.15) is 0 Å². The standard InChI is InChI=1S/C7H8N2O2/c8-7(9-11-7)5-3-1-2-4-6(5)10/h1-4,9-10H,8H2. The van der Waals surface area contributed by atoms with Gasteiger partial charge in [-0.1, -0.05) is 12.1 Å². The molecule has 1 aliphatic heterocycles. The molecule has 0 aromatic heterocycles. The van der Waals surface area contributed by atoms with Gasteiger partial charge < -0.3 is 5.11 Å². The minimum absolute atomic E-state index is 0.139. The molecule has 11 heavy (non-hydrogen) atoms. The van der Waals surface area contributed by atoms with E-state index >= 15 is 0 Å². The van der Waals surface area contributed by atoms with Gasteiger partial charge in [-0.15, -0.1) is 5.48 Å². The van der Waals surface area contributed by atoms with E-state index in [0.717, 1.165) is 0 Å². The topological polar surface area (TPSA) is 80.7 Å². The predicted molar refractivity (Wildman–Crippen MR) is 38.2 cm³/mol. The molecule has 2 rings (SSSR count). The second kappa shape index (κ2) is 1.94. The largest absolute Gasteiger partial charge is 0.507 e. The molecule has 0 saturated carbocycles. The van der Waals surface area contributed by atoms with Crippen LogP contribution in [0.2, 0.25) is 0 Å². The highest BCUT2D eigenvalue weighted by molar-refractivity contribution is 5.36. The molecule has 0 radical (unpaired) electrons. The monoisotopic (exact) mass is 152 g/mol. The quantitative estimate of drug-likeness (QED) is 0.494. The molecule has 4 nitrogen and oxygen atoms in total. The van der Waals surface area contributed by atoms with Crippen molar-refractivity contribution in [2.24, 2.45) is 5.73 Å². The molecule has 0 amide bonds. The van der Waals surface area contributed by atoms with Crippen LogP contribution in [0, 0.1) is 0 Å². The lowest BCUT2D eigenvalue weighted by Crippen LogP contribution is -2.24. The lowest BCUT2D eigenvalue weighted by atomic mass is 10.1. The number of aromatic hydroxyl groups is 1. The molecule has 1 unspecified atom stereocenters. The molecule has 0 bridgehead atoms. The van der Waals surface area contributed by atoms with Crippen molar-refractivity contribution in [1.82, 2.24) is 5.48 Å². The maximum Gasteiger partial charge on any atom is 0.243 e. The average molecular weight is 152 g/mol. The second-order valence-corrected chi connectivity index (χ2v) is 2.46. The minimum Gasteiger partial charge on any atom is -0.507 e. The van der Waals surface area contributed by atoms with Gasteiger partial charge in [0.05, 0.1) is 5.56 Å². The first kappa shape index (κ1) is 6.60. The van der Waals surface area contributed by atoms with E-state index in [0.29, 0.717) is 5.56 Å².